The number of anilines is 1. The number of carbonyl (C=O) groups excluding carboxylic acids is 1. The monoisotopic (exact) mass is 354 g/mol. The number of furan rings is 1. The van der Waals surface area contributed by atoms with E-state index in [0.717, 1.165) is 36.5 Å². The van der Waals surface area contributed by atoms with Gasteiger partial charge >= 0.3 is 0 Å². The molecule has 4 aliphatic rings. The molecule has 0 radical (unpaired) electrons. The van der Waals surface area contributed by atoms with Crippen LogP contribution in [0.4, 0.5) is 5.88 Å². The Morgan fingerprint density at radius 2 is 1.92 bits per heavy atom. The Balaban J connectivity index is 1.33. The van der Waals surface area contributed by atoms with Crippen LogP contribution in [-0.2, 0) is 0 Å². The second-order valence-electron chi connectivity index (χ2n) is 7.96. The van der Waals surface area contributed by atoms with Crippen molar-refractivity contribution in [2.45, 2.75) is 38.1 Å². The third-order valence-electron chi connectivity index (χ3n) is 6.26. The number of fused-ring (bicyclic) bond motifs is 4. The molecule has 0 aliphatic carbocycles. The molecule has 1 N–H and O–H groups in total. The van der Waals surface area contributed by atoms with Gasteiger partial charge < -0.3 is 19.5 Å². The lowest BCUT2D eigenvalue weighted by atomic mass is 9.84. The molecule has 138 valence electrons. The van der Waals surface area contributed by atoms with Crippen molar-refractivity contribution in [3.63, 3.8) is 0 Å². The largest absolute Gasteiger partial charge is 0.440 e. The summed E-state index contributed by atoms with van der Waals surface area (Å²) in [6, 6.07) is 4.09. The molecule has 2 aromatic rings. The Kier molecular flexibility index (Phi) is 4.08. The van der Waals surface area contributed by atoms with Gasteiger partial charge in [-0.3, -0.25) is 9.78 Å². The van der Waals surface area contributed by atoms with E-state index in [1.54, 1.807) is 12.3 Å². The highest BCUT2D eigenvalue weighted by molar-refractivity contribution is 5.95. The van der Waals surface area contributed by atoms with Gasteiger partial charge in [-0.1, -0.05) is 0 Å². The van der Waals surface area contributed by atoms with Gasteiger partial charge in [0.2, 0.25) is 0 Å². The number of carbonyl (C=O) groups is 1. The molecule has 4 fully saturated rings. The van der Waals surface area contributed by atoms with E-state index in [-0.39, 0.29) is 11.9 Å². The van der Waals surface area contributed by atoms with Crippen molar-refractivity contribution in [1.82, 2.24) is 15.2 Å². The van der Waals surface area contributed by atoms with Gasteiger partial charge in [-0.15, -0.1) is 0 Å². The zero-order valence-electron chi connectivity index (χ0n) is 15.1. The van der Waals surface area contributed by atoms with Gasteiger partial charge in [-0.05, 0) is 51.1 Å². The maximum absolute atomic E-state index is 12.7. The van der Waals surface area contributed by atoms with Crippen LogP contribution in [0.15, 0.2) is 22.7 Å². The van der Waals surface area contributed by atoms with Crippen molar-refractivity contribution >= 4 is 22.8 Å². The minimum atomic E-state index is -0.0819. The van der Waals surface area contributed by atoms with Gasteiger partial charge in [-0.25, -0.2) is 0 Å². The molecule has 0 spiro atoms. The van der Waals surface area contributed by atoms with Crippen LogP contribution < -0.4 is 10.2 Å². The SMILES string of the molecule is O=C(NC1CN2CCC1CC2)c1cc2oc(N3CCCCC3)cc2cn1. The highest BCUT2D eigenvalue weighted by Gasteiger charge is 2.35. The summed E-state index contributed by atoms with van der Waals surface area (Å²) in [6.45, 7) is 5.40. The number of amides is 1. The number of pyridine rings is 1. The summed E-state index contributed by atoms with van der Waals surface area (Å²) in [5.41, 5.74) is 1.20. The Morgan fingerprint density at radius 3 is 2.65 bits per heavy atom. The molecule has 1 amide bonds. The van der Waals surface area contributed by atoms with Gasteiger partial charge in [-0.2, -0.15) is 0 Å². The topological polar surface area (TPSA) is 61.6 Å². The number of piperidine rings is 4. The molecule has 6 nitrogen and oxygen atoms in total. The molecule has 0 aromatic carbocycles. The molecule has 1 atom stereocenters. The van der Waals surface area contributed by atoms with E-state index in [1.807, 2.05) is 6.07 Å². The number of hydrogen-bond acceptors (Lipinski definition) is 5. The average Bonchev–Trinajstić information content (AvgIpc) is 3.13. The fourth-order valence-electron chi connectivity index (χ4n) is 4.68. The molecule has 6 rings (SSSR count). The number of aromatic nitrogens is 1. The smallest absolute Gasteiger partial charge is 0.270 e. The second kappa shape index (κ2) is 6.58. The molecule has 4 saturated heterocycles. The van der Waals surface area contributed by atoms with E-state index >= 15 is 0 Å². The van der Waals surface area contributed by atoms with Gasteiger partial charge in [0.1, 0.15) is 11.3 Å². The highest BCUT2D eigenvalue weighted by Crippen LogP contribution is 2.29. The quantitative estimate of drug-likeness (QED) is 0.918. The number of hydrogen-bond donors (Lipinski definition) is 1. The first kappa shape index (κ1) is 16.1. The van der Waals surface area contributed by atoms with Gasteiger partial charge in [0.25, 0.3) is 5.91 Å². The lowest BCUT2D eigenvalue weighted by Gasteiger charge is -2.44. The van der Waals surface area contributed by atoms with Gasteiger partial charge in [0, 0.05) is 49.4 Å². The predicted molar refractivity (Wildman–Crippen MR) is 100 cm³/mol. The minimum Gasteiger partial charge on any atom is -0.440 e. The molecule has 4 aliphatic heterocycles. The van der Waals surface area contributed by atoms with Crippen LogP contribution in [0.5, 0.6) is 0 Å². The van der Waals surface area contributed by atoms with Crippen molar-refractivity contribution in [3.05, 3.63) is 24.0 Å². The van der Waals surface area contributed by atoms with E-state index in [4.69, 9.17) is 4.42 Å². The summed E-state index contributed by atoms with van der Waals surface area (Å²) in [5.74, 6) is 1.43. The van der Waals surface area contributed by atoms with Crippen LogP contribution >= 0.6 is 0 Å². The van der Waals surface area contributed by atoms with Crippen molar-refractivity contribution < 1.29 is 9.21 Å². The Morgan fingerprint density at radius 1 is 1.12 bits per heavy atom. The highest BCUT2D eigenvalue weighted by atomic mass is 16.4. The summed E-state index contributed by atoms with van der Waals surface area (Å²) in [4.78, 5) is 21.8. The number of rotatable bonds is 3. The molecule has 26 heavy (non-hydrogen) atoms. The van der Waals surface area contributed by atoms with E-state index in [0.29, 0.717) is 11.6 Å². The summed E-state index contributed by atoms with van der Waals surface area (Å²) in [7, 11) is 0. The molecular weight excluding hydrogens is 328 g/mol. The first-order chi connectivity index (χ1) is 12.8. The first-order valence-electron chi connectivity index (χ1n) is 9.94. The van der Waals surface area contributed by atoms with Crippen LogP contribution in [0, 0.1) is 5.92 Å². The maximum atomic E-state index is 12.7. The van der Waals surface area contributed by atoms with Crippen molar-refractivity contribution in [2.24, 2.45) is 5.92 Å². The van der Waals surface area contributed by atoms with Crippen LogP contribution in [0.2, 0.25) is 0 Å². The lowest BCUT2D eigenvalue weighted by molar-refractivity contribution is 0.0618. The van der Waals surface area contributed by atoms with Crippen molar-refractivity contribution in [3.8, 4) is 0 Å². The number of nitrogens with zero attached hydrogens (tertiary/aromatic N) is 3. The normalized spacial score (nSPS) is 28.5. The average molecular weight is 354 g/mol. The lowest BCUT2D eigenvalue weighted by Crippen LogP contribution is -2.57. The standard InChI is InChI=1S/C20H26N4O2/c25-20(22-17-13-23-8-4-14(17)5-9-23)16-11-18-15(12-21-16)10-19(26-18)24-6-2-1-3-7-24/h10-12,14,17H,1-9,13H2,(H,22,25). The van der Waals surface area contributed by atoms with Gasteiger partial charge in [0.05, 0.1) is 0 Å². The van der Waals surface area contributed by atoms with E-state index in [2.05, 4.69) is 20.1 Å². The summed E-state index contributed by atoms with van der Waals surface area (Å²) < 4.78 is 6.04. The first-order valence-corrected chi connectivity index (χ1v) is 9.94. The summed E-state index contributed by atoms with van der Waals surface area (Å²) in [6.07, 6.45) is 7.86. The van der Waals surface area contributed by atoms with Crippen LogP contribution in [0.1, 0.15) is 42.6 Å². The summed E-state index contributed by atoms with van der Waals surface area (Å²) >= 11 is 0. The zero-order valence-corrected chi connectivity index (χ0v) is 15.1. The third-order valence-corrected chi connectivity index (χ3v) is 6.26. The van der Waals surface area contributed by atoms with Crippen LogP contribution in [0.25, 0.3) is 11.0 Å². The molecule has 2 bridgehead atoms. The Bertz CT molecular complexity index is 803. The van der Waals surface area contributed by atoms with Crippen LogP contribution in [-0.4, -0.2) is 54.6 Å². The molecule has 6 heterocycles. The predicted octanol–water partition coefficient (Wildman–Crippen LogP) is 2.64. The third kappa shape index (κ3) is 2.96. The van der Waals surface area contributed by atoms with Gasteiger partial charge in [0.15, 0.2) is 5.88 Å². The minimum absolute atomic E-state index is 0.0819. The van der Waals surface area contributed by atoms with E-state index in [9.17, 15) is 4.79 Å². The second-order valence-corrected chi connectivity index (χ2v) is 7.96. The molecule has 1 unspecified atom stereocenters. The fourth-order valence-corrected chi connectivity index (χ4v) is 4.68. The molecule has 2 aromatic heterocycles. The molecule has 6 heteroatoms. The molecular formula is C20H26N4O2. The van der Waals surface area contributed by atoms with Crippen molar-refractivity contribution in [1.29, 1.82) is 0 Å². The fraction of sp³-hybridized carbons (Fsp3) is 0.600. The maximum Gasteiger partial charge on any atom is 0.270 e. The van der Waals surface area contributed by atoms with Crippen LogP contribution in [0.3, 0.4) is 0 Å². The Labute approximate surface area is 153 Å². The summed E-state index contributed by atoms with van der Waals surface area (Å²) in [5, 5.41) is 4.17. The zero-order chi connectivity index (χ0) is 17.5. The molecule has 0 saturated carbocycles. The Hall–Kier alpha value is -2.08. The van der Waals surface area contributed by atoms with Crippen molar-refractivity contribution in [2.75, 3.05) is 37.6 Å². The van der Waals surface area contributed by atoms with E-state index in [1.165, 1.54) is 45.2 Å². The number of nitrogens with one attached hydrogen (secondary N) is 1. The van der Waals surface area contributed by atoms with E-state index < -0.39 is 0 Å².